The van der Waals surface area contributed by atoms with Crippen molar-refractivity contribution in [2.24, 2.45) is 11.7 Å². The number of primary amides is 1. The molecular weight excluding hydrogens is 566 g/mol. The molecule has 0 bridgehead atoms. The molecule has 0 spiro atoms. The lowest BCUT2D eigenvalue weighted by molar-refractivity contribution is -0.133. The van der Waals surface area contributed by atoms with E-state index in [9.17, 15) is 19.2 Å². The SMILES string of the molecule is NC(=O)CCCNC(=O)[C@@H](Cc1ccc2ccccc2c1)NC(=O)[C@@H](Cc1ccc2ccccc2c1)NC(=O)C1CCNCC1. The van der Waals surface area contributed by atoms with Gasteiger partial charge < -0.3 is 27.0 Å². The Bertz CT molecular complexity index is 1670. The van der Waals surface area contributed by atoms with Crippen LogP contribution in [0.3, 0.4) is 0 Å². The van der Waals surface area contributed by atoms with E-state index in [2.05, 4.69) is 21.3 Å². The molecule has 5 rings (SSSR count). The van der Waals surface area contributed by atoms with Crippen molar-refractivity contribution >= 4 is 45.2 Å². The van der Waals surface area contributed by atoms with Crippen molar-refractivity contribution < 1.29 is 19.2 Å². The van der Waals surface area contributed by atoms with Crippen molar-refractivity contribution in [2.45, 2.75) is 50.6 Å². The van der Waals surface area contributed by atoms with Crippen molar-refractivity contribution in [1.82, 2.24) is 21.3 Å². The van der Waals surface area contributed by atoms with Crippen LogP contribution in [0.4, 0.5) is 0 Å². The smallest absolute Gasteiger partial charge is 0.243 e. The van der Waals surface area contributed by atoms with E-state index in [1.165, 1.54) is 0 Å². The fourth-order valence-electron chi connectivity index (χ4n) is 5.86. The Labute approximate surface area is 263 Å². The molecule has 234 valence electrons. The summed E-state index contributed by atoms with van der Waals surface area (Å²) in [4.78, 5) is 52.0. The second-order valence-corrected chi connectivity index (χ2v) is 11.8. The Morgan fingerprint density at radius 3 is 1.80 bits per heavy atom. The zero-order chi connectivity index (χ0) is 31.6. The minimum Gasteiger partial charge on any atom is -0.370 e. The molecule has 1 saturated heterocycles. The van der Waals surface area contributed by atoms with E-state index in [-0.39, 0.29) is 43.5 Å². The molecule has 9 heteroatoms. The van der Waals surface area contributed by atoms with Crippen LogP contribution < -0.4 is 27.0 Å². The number of piperidine rings is 1. The van der Waals surface area contributed by atoms with Crippen LogP contribution in [0.25, 0.3) is 21.5 Å². The van der Waals surface area contributed by atoms with Crippen LogP contribution in [-0.4, -0.2) is 55.3 Å². The van der Waals surface area contributed by atoms with Crippen LogP contribution in [0.1, 0.15) is 36.8 Å². The van der Waals surface area contributed by atoms with Gasteiger partial charge in [0.1, 0.15) is 12.1 Å². The van der Waals surface area contributed by atoms with Crippen LogP contribution in [-0.2, 0) is 32.0 Å². The fraction of sp³-hybridized carbons (Fsp3) is 0.333. The summed E-state index contributed by atoms with van der Waals surface area (Å²) in [6.45, 7) is 1.76. The zero-order valence-corrected chi connectivity index (χ0v) is 25.4. The van der Waals surface area contributed by atoms with E-state index in [0.29, 0.717) is 19.3 Å². The number of rotatable bonds is 13. The highest BCUT2D eigenvalue weighted by atomic mass is 16.2. The zero-order valence-electron chi connectivity index (χ0n) is 25.4. The number of hydrogen-bond donors (Lipinski definition) is 5. The fourth-order valence-corrected chi connectivity index (χ4v) is 5.86. The summed E-state index contributed by atoms with van der Waals surface area (Å²) in [5.74, 6) is -1.57. The molecule has 1 heterocycles. The molecule has 6 N–H and O–H groups in total. The highest BCUT2D eigenvalue weighted by Gasteiger charge is 2.30. The summed E-state index contributed by atoms with van der Waals surface area (Å²) in [6.07, 6.45) is 2.48. The van der Waals surface area contributed by atoms with Crippen LogP contribution in [0, 0.1) is 5.92 Å². The Balaban J connectivity index is 1.37. The number of amides is 4. The van der Waals surface area contributed by atoms with Crippen molar-refractivity contribution in [3.8, 4) is 0 Å². The lowest BCUT2D eigenvalue weighted by Crippen LogP contribution is -2.56. The quantitative estimate of drug-likeness (QED) is 0.149. The van der Waals surface area contributed by atoms with Gasteiger partial charge in [0.05, 0.1) is 0 Å². The van der Waals surface area contributed by atoms with Gasteiger partial charge in [-0.15, -0.1) is 0 Å². The molecule has 4 aromatic carbocycles. The summed E-state index contributed by atoms with van der Waals surface area (Å²) >= 11 is 0. The molecule has 0 aromatic heterocycles. The molecule has 1 aliphatic rings. The van der Waals surface area contributed by atoms with Crippen LogP contribution in [0.2, 0.25) is 0 Å². The molecule has 45 heavy (non-hydrogen) atoms. The third-order valence-electron chi connectivity index (χ3n) is 8.38. The van der Waals surface area contributed by atoms with Crippen LogP contribution in [0.15, 0.2) is 84.9 Å². The van der Waals surface area contributed by atoms with Gasteiger partial charge in [-0.25, -0.2) is 0 Å². The second kappa shape index (κ2) is 15.3. The van der Waals surface area contributed by atoms with Crippen LogP contribution in [0.5, 0.6) is 0 Å². The number of hydrogen-bond acceptors (Lipinski definition) is 5. The van der Waals surface area contributed by atoms with Crippen molar-refractivity contribution in [3.63, 3.8) is 0 Å². The van der Waals surface area contributed by atoms with Gasteiger partial charge in [-0.3, -0.25) is 19.2 Å². The number of benzene rings is 4. The second-order valence-electron chi connectivity index (χ2n) is 11.8. The van der Waals surface area contributed by atoms with Gasteiger partial charge in [-0.1, -0.05) is 84.9 Å². The van der Waals surface area contributed by atoms with E-state index in [0.717, 1.165) is 45.8 Å². The Morgan fingerprint density at radius 2 is 1.24 bits per heavy atom. The first kappa shape index (κ1) is 31.7. The molecule has 4 amide bonds. The standard InChI is InChI=1S/C36H41N5O4/c37-33(42)10-5-17-39-35(44)31(22-24-11-13-26-6-1-3-8-29(26)20-24)41-36(45)32(40-34(43)28-15-18-38-19-16-28)23-25-12-14-27-7-2-4-9-30(27)21-25/h1-4,6-9,11-14,20-21,28,31-32,38H,5,10,15-19,22-23H2,(H2,37,42)(H,39,44)(H,40,43)(H,41,45)/t31-,32-/m1/s1. The average Bonchev–Trinajstić information content (AvgIpc) is 3.06. The van der Waals surface area contributed by atoms with Gasteiger partial charge in [0.25, 0.3) is 0 Å². The van der Waals surface area contributed by atoms with Gasteiger partial charge in [-0.2, -0.15) is 0 Å². The number of nitrogens with one attached hydrogen (secondary N) is 4. The van der Waals surface area contributed by atoms with Gasteiger partial charge in [-0.05, 0) is 65.0 Å². The monoisotopic (exact) mass is 607 g/mol. The lowest BCUT2D eigenvalue weighted by Gasteiger charge is -2.27. The van der Waals surface area contributed by atoms with E-state index in [4.69, 9.17) is 5.73 Å². The Kier molecular flexibility index (Phi) is 10.8. The van der Waals surface area contributed by atoms with Gasteiger partial charge in [0, 0.05) is 31.7 Å². The number of nitrogens with two attached hydrogens (primary N) is 1. The first-order valence-electron chi connectivity index (χ1n) is 15.7. The predicted molar refractivity (Wildman–Crippen MR) is 176 cm³/mol. The van der Waals surface area contributed by atoms with Gasteiger partial charge in [0.15, 0.2) is 0 Å². The molecule has 1 fully saturated rings. The highest BCUT2D eigenvalue weighted by Crippen LogP contribution is 2.19. The molecule has 0 saturated carbocycles. The predicted octanol–water partition coefficient (Wildman–Crippen LogP) is 3.13. The van der Waals surface area contributed by atoms with Crippen molar-refractivity contribution in [2.75, 3.05) is 19.6 Å². The minimum absolute atomic E-state index is 0.151. The van der Waals surface area contributed by atoms with E-state index in [1.54, 1.807) is 0 Å². The molecule has 1 aliphatic heterocycles. The molecular formula is C36H41N5O4. The maximum absolute atomic E-state index is 14.0. The maximum atomic E-state index is 14.0. The van der Waals surface area contributed by atoms with Gasteiger partial charge in [0.2, 0.25) is 23.6 Å². The molecule has 4 aromatic rings. The number of fused-ring (bicyclic) bond motifs is 2. The summed E-state index contributed by atoms with van der Waals surface area (Å²) < 4.78 is 0. The summed E-state index contributed by atoms with van der Waals surface area (Å²) in [6, 6.07) is 26.1. The summed E-state index contributed by atoms with van der Waals surface area (Å²) in [5, 5.41) is 16.3. The number of carbonyl (C=O) groups excluding carboxylic acids is 4. The van der Waals surface area contributed by atoms with Crippen molar-refractivity contribution in [1.29, 1.82) is 0 Å². The first-order chi connectivity index (χ1) is 21.9. The molecule has 9 nitrogen and oxygen atoms in total. The van der Waals surface area contributed by atoms with Gasteiger partial charge >= 0.3 is 0 Å². The largest absolute Gasteiger partial charge is 0.370 e. The maximum Gasteiger partial charge on any atom is 0.243 e. The topological polar surface area (TPSA) is 142 Å². The summed E-state index contributed by atoms with van der Waals surface area (Å²) in [5.41, 5.74) is 7.05. The van der Waals surface area contributed by atoms with Crippen LogP contribution >= 0.6 is 0 Å². The normalized spacial score (nSPS) is 14.8. The van der Waals surface area contributed by atoms with E-state index in [1.807, 2.05) is 84.9 Å². The van der Waals surface area contributed by atoms with E-state index >= 15 is 0 Å². The molecule has 0 unspecified atom stereocenters. The third kappa shape index (κ3) is 8.89. The lowest BCUT2D eigenvalue weighted by atomic mass is 9.95. The third-order valence-corrected chi connectivity index (χ3v) is 8.38. The Hall–Kier alpha value is -4.76. The highest BCUT2D eigenvalue weighted by molar-refractivity contribution is 5.93. The molecule has 0 radical (unpaired) electrons. The Morgan fingerprint density at radius 1 is 0.711 bits per heavy atom. The minimum atomic E-state index is -0.901. The summed E-state index contributed by atoms with van der Waals surface area (Å²) in [7, 11) is 0. The average molecular weight is 608 g/mol. The first-order valence-corrected chi connectivity index (χ1v) is 15.7. The van der Waals surface area contributed by atoms with E-state index < -0.39 is 23.9 Å². The molecule has 0 aliphatic carbocycles. The molecule has 2 atom stereocenters. The van der Waals surface area contributed by atoms with Crippen molar-refractivity contribution in [3.05, 3.63) is 96.1 Å². The number of carbonyl (C=O) groups is 4.